The van der Waals surface area contributed by atoms with Crippen molar-refractivity contribution in [3.05, 3.63) is 130 Å². The normalized spacial score (nSPS) is 12.4. The molecule has 2 aliphatic heterocycles. The van der Waals surface area contributed by atoms with E-state index in [4.69, 9.17) is 9.84 Å². The number of phenols is 1. The van der Waals surface area contributed by atoms with Crippen molar-refractivity contribution in [2.45, 2.75) is 12.8 Å². The van der Waals surface area contributed by atoms with E-state index in [9.17, 15) is 28.8 Å². The number of fused-ring (bicyclic) bond motifs is 2. The van der Waals surface area contributed by atoms with E-state index in [0.717, 1.165) is 11.8 Å². The minimum absolute atomic E-state index is 0. The molecule has 4 aromatic rings. The summed E-state index contributed by atoms with van der Waals surface area (Å²) >= 11 is 3.28. The number of rotatable bonds is 10. The first-order chi connectivity index (χ1) is 24.6. The molecule has 266 valence electrons. The van der Waals surface area contributed by atoms with Gasteiger partial charge < -0.3 is 20.7 Å². The Balaban J connectivity index is 0.000000297. The summed E-state index contributed by atoms with van der Waals surface area (Å²) in [5.74, 6) is -0.922. The molecule has 0 aliphatic carbocycles. The summed E-state index contributed by atoms with van der Waals surface area (Å²) in [4.78, 5) is 72.8. The van der Waals surface area contributed by atoms with Gasteiger partial charge in [-0.2, -0.15) is 0 Å². The van der Waals surface area contributed by atoms with Crippen molar-refractivity contribution < 1.29 is 79.1 Å². The van der Waals surface area contributed by atoms with Gasteiger partial charge in [0, 0.05) is 18.4 Å². The third-order valence-electron chi connectivity index (χ3n) is 7.63. The first-order valence-electron chi connectivity index (χ1n) is 15.8. The van der Waals surface area contributed by atoms with E-state index in [1.807, 2.05) is 0 Å². The maximum absolute atomic E-state index is 12.2. The summed E-state index contributed by atoms with van der Waals surface area (Å²) < 4.78 is 14.7. The van der Waals surface area contributed by atoms with E-state index >= 15 is 0 Å². The average molecular weight is 784 g/mol. The average Bonchev–Trinajstić information content (AvgIpc) is 3.56. The Kier molecular flexibility index (Phi) is 16.2. The number of carbonyl (C=O) groups excluding carboxylic acids is 6. The van der Waals surface area contributed by atoms with Gasteiger partial charge in [-0.25, -0.2) is 9.59 Å². The van der Waals surface area contributed by atoms with Crippen LogP contribution in [0.5, 0.6) is 11.5 Å². The van der Waals surface area contributed by atoms with Gasteiger partial charge in [-0.05, 0) is 85.6 Å². The van der Waals surface area contributed by atoms with E-state index in [1.54, 1.807) is 72.8 Å². The van der Waals surface area contributed by atoms with Gasteiger partial charge in [0.05, 0.1) is 54.2 Å². The van der Waals surface area contributed by atoms with Crippen LogP contribution in [0.4, 0.5) is 0 Å². The second-order valence-electron chi connectivity index (χ2n) is 10.9. The van der Waals surface area contributed by atoms with Gasteiger partial charge in [0.25, 0.3) is 23.6 Å². The smallest absolute Gasteiger partial charge is 1.00 e. The maximum atomic E-state index is 12.2. The van der Waals surface area contributed by atoms with Gasteiger partial charge >= 0.3 is 41.5 Å². The van der Waals surface area contributed by atoms with Crippen LogP contribution in [0, 0.1) is 0 Å². The van der Waals surface area contributed by atoms with Crippen molar-refractivity contribution >= 4 is 51.5 Å². The minimum atomic E-state index is -0.405. The number of imide groups is 2. The summed E-state index contributed by atoms with van der Waals surface area (Å²) in [6.07, 6.45) is 1.30. The largest absolute Gasteiger partial charge is 1.00 e. The second kappa shape index (κ2) is 20.3. The zero-order valence-electron chi connectivity index (χ0n) is 29.9. The van der Waals surface area contributed by atoms with Gasteiger partial charge in [-0.1, -0.05) is 40.2 Å². The molecule has 0 fully saturated rings. The molecule has 2 heterocycles. The number of amides is 4. The van der Waals surface area contributed by atoms with Crippen LogP contribution >= 0.6 is 15.9 Å². The second-order valence-corrected chi connectivity index (χ2v) is 11.7. The molecule has 4 amide bonds. The third-order valence-corrected chi connectivity index (χ3v) is 8.19. The molecule has 0 unspecified atom stereocenters. The van der Waals surface area contributed by atoms with Crippen LogP contribution in [0.15, 0.2) is 97.1 Å². The quantitative estimate of drug-likeness (QED) is 0.0835. The zero-order valence-corrected chi connectivity index (χ0v) is 32.5. The topological polar surface area (TPSA) is 157 Å². The number of hydrogen-bond acceptors (Lipinski definition) is 10. The van der Waals surface area contributed by atoms with Crippen molar-refractivity contribution in [2.24, 2.45) is 0 Å². The molecule has 0 spiro atoms. The Bertz CT molecular complexity index is 1840. The van der Waals surface area contributed by atoms with Crippen LogP contribution in [0.2, 0.25) is 0 Å². The van der Waals surface area contributed by atoms with Gasteiger partial charge in [0.2, 0.25) is 0 Å². The number of ether oxygens (including phenoxy) is 3. The van der Waals surface area contributed by atoms with Crippen molar-refractivity contribution in [1.82, 2.24) is 9.80 Å². The molecule has 0 bridgehead atoms. The maximum Gasteiger partial charge on any atom is 1.00 e. The summed E-state index contributed by atoms with van der Waals surface area (Å²) in [5, 5.41) is 9.65. The first-order valence-corrected chi connectivity index (χ1v) is 16.9. The molecule has 0 radical (unpaired) electrons. The molecule has 0 atom stereocenters. The van der Waals surface area contributed by atoms with Crippen LogP contribution in [0.1, 0.15) is 76.4 Å². The van der Waals surface area contributed by atoms with Gasteiger partial charge in [0.15, 0.2) is 0 Å². The fourth-order valence-corrected chi connectivity index (χ4v) is 5.29. The number of nitrogens with zero attached hydrogens (tertiary/aromatic N) is 2. The number of carbonyl (C=O) groups is 6. The predicted octanol–water partition coefficient (Wildman–Crippen LogP) is 2.90. The van der Waals surface area contributed by atoms with Crippen molar-refractivity contribution in [3.8, 4) is 11.5 Å². The van der Waals surface area contributed by atoms with Crippen LogP contribution in [-0.2, 0) is 9.47 Å². The number of methoxy groups -OCH3 is 2. The fourth-order valence-electron chi connectivity index (χ4n) is 5.04. The Morgan fingerprint density at radius 3 is 1.35 bits per heavy atom. The van der Waals surface area contributed by atoms with Crippen molar-refractivity contribution in [2.75, 3.05) is 39.2 Å². The molecule has 14 heteroatoms. The number of halogens is 1. The Morgan fingerprint density at radius 1 is 0.615 bits per heavy atom. The Labute approximate surface area is 332 Å². The number of aromatic hydroxyl groups is 1. The Hall–Kier alpha value is -4.82. The molecular formula is C38H36BrN2NaO10. The minimum Gasteiger partial charge on any atom is -1.00 e. The van der Waals surface area contributed by atoms with Gasteiger partial charge in [-0.15, -0.1) is 0 Å². The summed E-state index contributed by atoms with van der Waals surface area (Å²) in [6.45, 7) is 1.13. The van der Waals surface area contributed by atoms with Gasteiger partial charge in [-0.3, -0.25) is 29.0 Å². The number of benzene rings is 4. The first kappa shape index (κ1) is 41.6. The van der Waals surface area contributed by atoms with Crippen LogP contribution < -0.4 is 34.3 Å². The van der Waals surface area contributed by atoms with Crippen LogP contribution in [-0.4, -0.2) is 89.7 Å². The molecule has 4 aromatic carbocycles. The fraction of sp³-hybridized carbons (Fsp3) is 0.211. The van der Waals surface area contributed by atoms with Gasteiger partial charge in [0.1, 0.15) is 11.5 Å². The summed E-state index contributed by atoms with van der Waals surface area (Å²) in [7, 11) is 2.64. The van der Waals surface area contributed by atoms with E-state index in [1.165, 1.54) is 48.3 Å². The number of esters is 2. The molecule has 0 aromatic heterocycles. The number of alkyl halides is 1. The monoisotopic (exact) mass is 782 g/mol. The molecule has 52 heavy (non-hydrogen) atoms. The summed E-state index contributed by atoms with van der Waals surface area (Å²) in [5.41, 5.74) is 2.83. The van der Waals surface area contributed by atoms with E-state index in [-0.39, 0.29) is 60.4 Å². The molecule has 12 nitrogen and oxygen atoms in total. The molecule has 2 aliphatic rings. The molecule has 0 saturated carbocycles. The van der Waals surface area contributed by atoms with E-state index in [2.05, 4.69) is 25.4 Å². The van der Waals surface area contributed by atoms with Crippen molar-refractivity contribution in [1.29, 1.82) is 0 Å². The SMILES string of the molecule is COC(=O)c1ccc(O)cc1.COC(=O)c1ccc(OCCCN2C(=O)c3ccccc3C2=O)cc1.O=C1c2ccccc2C(=O)N1CCCBr.[H-].[Na+]. The molecule has 0 saturated heterocycles. The summed E-state index contributed by atoms with van der Waals surface area (Å²) in [6, 6.07) is 26.2. The van der Waals surface area contributed by atoms with Crippen molar-refractivity contribution in [3.63, 3.8) is 0 Å². The van der Waals surface area contributed by atoms with E-state index < -0.39 is 11.9 Å². The Morgan fingerprint density at radius 2 is 0.981 bits per heavy atom. The molecular weight excluding hydrogens is 747 g/mol. The number of phenolic OH excluding ortho intramolecular Hbond substituents is 1. The zero-order chi connectivity index (χ0) is 36.9. The van der Waals surface area contributed by atoms with Crippen LogP contribution in [0.25, 0.3) is 0 Å². The molecule has 1 N–H and O–H groups in total. The number of hydrogen-bond donors (Lipinski definition) is 1. The predicted molar refractivity (Wildman–Crippen MR) is 190 cm³/mol. The third kappa shape index (κ3) is 10.4. The molecule has 6 rings (SSSR count). The standard InChI is InChI=1S/C19H17NO5.C11H10BrNO2.C8H8O3.Na.H/c1-24-19(23)13-7-9-14(10-8-13)25-12-4-11-20-17(21)15-5-2-3-6-16(15)18(20)22;12-6-3-7-13-10(14)8-4-1-2-5-9(8)11(13)15;1-11-8(10)6-2-4-7(9)5-3-6;;/h2-3,5-10H,4,11-12H2,1H3;1-2,4-5H,3,6-7H2;2-5,9H,1H3;;/q;;;+1;-1. The van der Waals surface area contributed by atoms with Crippen LogP contribution in [0.3, 0.4) is 0 Å². The van der Waals surface area contributed by atoms with E-state index in [0.29, 0.717) is 65.2 Å².